The second-order valence-electron chi connectivity index (χ2n) is 3.89. The van der Waals surface area contributed by atoms with Crippen molar-refractivity contribution in [3.63, 3.8) is 0 Å². The van der Waals surface area contributed by atoms with Gasteiger partial charge < -0.3 is 14.7 Å². The molecule has 0 amide bonds. The Hall–Kier alpha value is 0.190. The quantitative estimate of drug-likeness (QED) is 0.224. The molecule has 0 aromatic carbocycles. The molecule has 1 heterocycles. The van der Waals surface area contributed by atoms with Crippen molar-refractivity contribution in [2.75, 3.05) is 13.2 Å². The van der Waals surface area contributed by atoms with Gasteiger partial charge in [-0.1, -0.05) is 6.42 Å². The molecule has 0 bridgehead atoms. The van der Waals surface area contributed by atoms with E-state index in [1.54, 1.807) is 0 Å². The Morgan fingerprint density at radius 1 is 1.13 bits per heavy atom. The van der Waals surface area contributed by atoms with E-state index in [1.807, 2.05) is 0 Å². The van der Waals surface area contributed by atoms with Gasteiger partial charge in [0.1, 0.15) is 13.2 Å². The van der Waals surface area contributed by atoms with Gasteiger partial charge in [0, 0.05) is 17.7 Å². The summed E-state index contributed by atoms with van der Waals surface area (Å²) in [5.74, 6) is -0.474. The molecular weight excluding hydrogens is 209 g/mol. The van der Waals surface area contributed by atoms with Gasteiger partial charge in [-0.2, -0.15) is 0 Å². The third-order valence-corrected chi connectivity index (χ3v) is 2.89. The van der Waals surface area contributed by atoms with Crippen LogP contribution in [0.3, 0.4) is 0 Å². The first kappa shape index (κ1) is 13.3. The maximum Gasteiger partial charge on any atom is 1.00 e. The van der Waals surface area contributed by atoms with Gasteiger partial charge >= 0.3 is 29.6 Å². The van der Waals surface area contributed by atoms with Crippen LogP contribution in [0.4, 0.5) is 0 Å². The Labute approximate surface area is 111 Å². The third kappa shape index (κ3) is 3.07. The van der Waals surface area contributed by atoms with E-state index < -0.39 is 5.79 Å². The summed E-state index contributed by atoms with van der Waals surface area (Å²) in [6.07, 6.45) is 5.22. The molecule has 0 atom stereocenters. The molecule has 1 aliphatic heterocycles. The van der Waals surface area contributed by atoms with Gasteiger partial charge in [0.2, 0.25) is 0 Å². The zero-order valence-corrected chi connectivity index (χ0v) is 11.1. The van der Waals surface area contributed by atoms with Crippen LogP contribution in [0.15, 0.2) is 0 Å². The van der Waals surface area contributed by atoms with Crippen LogP contribution in [0, 0.1) is 5.21 Å². The molecule has 15 heavy (non-hydrogen) atoms. The van der Waals surface area contributed by atoms with E-state index in [0.29, 0.717) is 0 Å². The molecule has 0 unspecified atom stereocenters. The maximum atomic E-state index is 10.5. The van der Waals surface area contributed by atoms with Crippen LogP contribution in [0.25, 0.3) is 0 Å². The maximum absolute atomic E-state index is 10.5. The molecule has 5 nitrogen and oxygen atoms in total. The number of nitrogens with zero attached hydrogens (tertiary/aromatic N) is 1. The molecule has 80 valence electrons. The monoisotopic (exact) mass is 224 g/mol. The molecule has 6 heteroatoms. The molecule has 1 saturated heterocycles. The van der Waals surface area contributed by atoms with Crippen LogP contribution in [0.2, 0.25) is 0 Å². The number of hydrogen-bond donors (Lipinski definition) is 1. The average Bonchev–Trinajstić information content (AvgIpc) is 2.19. The summed E-state index contributed by atoms with van der Waals surface area (Å²) in [6, 6.07) is 0. The Bertz CT molecular complexity index is 234. The Morgan fingerprint density at radius 2 is 1.67 bits per heavy atom. The molecule has 1 spiro atoms. The fourth-order valence-corrected chi connectivity index (χ4v) is 2.00. The van der Waals surface area contributed by atoms with Crippen LogP contribution >= 0.6 is 0 Å². The van der Waals surface area contributed by atoms with Crippen molar-refractivity contribution in [3.05, 3.63) is 5.21 Å². The molecule has 1 N–H and O–H groups in total. The predicted molar refractivity (Wildman–Crippen MR) is 48.1 cm³/mol. The van der Waals surface area contributed by atoms with Gasteiger partial charge in [0.25, 0.3) is 5.71 Å². The van der Waals surface area contributed by atoms with E-state index in [-0.39, 0.29) is 53.4 Å². The fraction of sp³-hybridized carbons (Fsp3) is 0.889. The van der Waals surface area contributed by atoms with Crippen molar-refractivity contribution in [3.8, 4) is 0 Å². The molecule has 0 aromatic rings. The molecular formula is C9H15NNaO4+. The zero-order valence-electron chi connectivity index (χ0n) is 9.07. The Balaban J connectivity index is 0.00000112. The second-order valence-corrected chi connectivity index (χ2v) is 3.89. The summed E-state index contributed by atoms with van der Waals surface area (Å²) in [6.45, 7) is 0.361. The first-order chi connectivity index (χ1) is 6.72. The van der Waals surface area contributed by atoms with Gasteiger partial charge in [-0.05, 0) is 12.8 Å². The van der Waals surface area contributed by atoms with Crippen LogP contribution in [0.5, 0.6) is 0 Å². The minimum Gasteiger partial charge on any atom is -0.417 e. The zero-order chi connectivity index (χ0) is 10.0. The van der Waals surface area contributed by atoms with Crippen molar-refractivity contribution < 1.29 is 49.1 Å². The number of hydrogen-bond acceptors (Lipinski definition) is 4. The molecule has 1 saturated carbocycles. The summed E-state index contributed by atoms with van der Waals surface area (Å²) in [5.41, 5.74) is 0.237. The van der Waals surface area contributed by atoms with Gasteiger partial charge in [-0.3, -0.25) is 5.21 Å². The van der Waals surface area contributed by atoms with Crippen molar-refractivity contribution >= 4 is 5.71 Å². The Morgan fingerprint density at radius 3 is 2.13 bits per heavy atom. The predicted octanol–water partition coefficient (Wildman–Crippen LogP) is -1.96. The van der Waals surface area contributed by atoms with Crippen molar-refractivity contribution in [1.29, 1.82) is 0 Å². The summed E-state index contributed by atoms with van der Waals surface area (Å²) in [5, 5.41) is 19.2. The van der Waals surface area contributed by atoms with Crippen molar-refractivity contribution in [1.82, 2.24) is 0 Å². The van der Waals surface area contributed by atoms with E-state index >= 15 is 0 Å². The molecule has 2 aliphatic rings. The molecule has 2 fully saturated rings. The molecule has 1 aliphatic carbocycles. The van der Waals surface area contributed by atoms with Crippen LogP contribution in [-0.4, -0.2) is 34.8 Å². The summed E-state index contributed by atoms with van der Waals surface area (Å²) >= 11 is 0. The first-order valence-electron chi connectivity index (χ1n) is 5.01. The average molecular weight is 224 g/mol. The largest absolute Gasteiger partial charge is 1.00 e. The van der Waals surface area contributed by atoms with Gasteiger partial charge in [-0.15, -0.1) is 0 Å². The fourth-order valence-electron chi connectivity index (χ4n) is 2.00. The smallest absolute Gasteiger partial charge is 0.417 e. The third-order valence-electron chi connectivity index (χ3n) is 2.89. The van der Waals surface area contributed by atoms with Crippen LogP contribution < -0.4 is 29.6 Å². The first-order valence-corrected chi connectivity index (χ1v) is 5.01. The van der Waals surface area contributed by atoms with Crippen LogP contribution in [-0.2, 0) is 9.47 Å². The van der Waals surface area contributed by atoms with E-state index in [1.165, 1.54) is 6.42 Å². The van der Waals surface area contributed by atoms with E-state index in [9.17, 15) is 5.21 Å². The topological polar surface area (TPSA) is 64.8 Å². The van der Waals surface area contributed by atoms with Crippen molar-refractivity contribution in [2.24, 2.45) is 0 Å². The minimum atomic E-state index is -0.474. The number of ether oxygens (including phenoxy) is 2. The Kier molecular flexibility index (Phi) is 4.86. The van der Waals surface area contributed by atoms with E-state index in [2.05, 4.69) is 0 Å². The SMILES string of the molecule is [Na+].[O-][N+](O)=C1COC2(CCCCC2)OC1. The normalized spacial score (nSPS) is 24.7. The minimum absolute atomic E-state index is 0. The van der Waals surface area contributed by atoms with Gasteiger partial charge in [0.15, 0.2) is 5.79 Å². The van der Waals surface area contributed by atoms with Gasteiger partial charge in [-0.25, -0.2) is 0 Å². The second kappa shape index (κ2) is 5.50. The van der Waals surface area contributed by atoms with E-state index in [4.69, 9.17) is 14.7 Å². The standard InChI is InChI=1S/C9H15NO4.Na/c11-10(12)8-6-13-9(14-7-8)4-2-1-3-5-9;/h1-7H2,(H,11,12);/q;+1. The molecule has 0 radical (unpaired) electrons. The molecule has 0 aromatic heterocycles. The summed E-state index contributed by atoms with van der Waals surface area (Å²) in [7, 11) is 0. The molecule has 2 rings (SSSR count). The summed E-state index contributed by atoms with van der Waals surface area (Å²) < 4.78 is 11.0. The number of rotatable bonds is 0. The van der Waals surface area contributed by atoms with E-state index in [0.717, 1.165) is 25.7 Å². The van der Waals surface area contributed by atoms with Crippen LogP contribution in [0.1, 0.15) is 32.1 Å². The van der Waals surface area contributed by atoms with Gasteiger partial charge in [0.05, 0.1) is 0 Å². The summed E-state index contributed by atoms with van der Waals surface area (Å²) in [4.78, 5) is -0.157. The van der Waals surface area contributed by atoms with Crippen molar-refractivity contribution in [2.45, 2.75) is 37.9 Å².